The standard InChI is InChI=1S/C28H37BrFN3O6/c1-16(2)25-18(4)9-10-22(35)31-11-5-7-17(3)13-20(34)14-19(30)15-23-32-24(26(29)38-23)27(36)33-12-6-8-21(33)28(37)39-25/h5,7,9-10,13,16,18-21,25,34H,6,8,11-12,14-15H2,1-4H3,(H,31,35)/b7-5-,10-9-,17-13-/t18-,19?,20-,21?,25-/m1/s1. The molecule has 214 valence electrons. The van der Waals surface area contributed by atoms with Crippen molar-refractivity contribution in [3.05, 3.63) is 52.2 Å². The highest BCUT2D eigenvalue weighted by Gasteiger charge is 2.39. The van der Waals surface area contributed by atoms with E-state index >= 15 is 0 Å². The first-order valence-corrected chi connectivity index (χ1v) is 14.0. The van der Waals surface area contributed by atoms with Gasteiger partial charge >= 0.3 is 5.97 Å². The Bertz CT molecular complexity index is 1130. The van der Waals surface area contributed by atoms with Crippen LogP contribution in [-0.4, -0.2) is 70.3 Å². The van der Waals surface area contributed by atoms with E-state index in [4.69, 9.17) is 9.15 Å². The fourth-order valence-electron chi connectivity index (χ4n) is 4.79. The Morgan fingerprint density at radius 3 is 2.72 bits per heavy atom. The number of amides is 2. The van der Waals surface area contributed by atoms with Crippen LogP contribution in [-0.2, 0) is 20.7 Å². The zero-order valence-electron chi connectivity index (χ0n) is 22.7. The number of carbonyl (C=O) groups is 3. The zero-order chi connectivity index (χ0) is 28.7. The van der Waals surface area contributed by atoms with Crippen molar-refractivity contribution in [1.29, 1.82) is 0 Å². The van der Waals surface area contributed by atoms with Crippen LogP contribution < -0.4 is 5.32 Å². The third-order valence-electron chi connectivity index (χ3n) is 6.72. The first-order chi connectivity index (χ1) is 18.5. The quantitative estimate of drug-likeness (QED) is 0.460. The van der Waals surface area contributed by atoms with Crippen molar-refractivity contribution in [2.75, 3.05) is 13.1 Å². The van der Waals surface area contributed by atoms with E-state index in [9.17, 15) is 23.9 Å². The first-order valence-electron chi connectivity index (χ1n) is 13.3. The number of hydrogen-bond donors (Lipinski definition) is 2. The minimum atomic E-state index is -1.47. The van der Waals surface area contributed by atoms with E-state index in [-0.39, 0.29) is 53.4 Å². The van der Waals surface area contributed by atoms with Crippen LogP contribution in [0.3, 0.4) is 0 Å². The molecule has 2 bridgehead atoms. The second-order valence-electron chi connectivity index (χ2n) is 10.4. The topological polar surface area (TPSA) is 122 Å². The number of rotatable bonds is 1. The van der Waals surface area contributed by atoms with Gasteiger partial charge in [0.1, 0.15) is 18.3 Å². The highest BCUT2D eigenvalue weighted by atomic mass is 79.9. The summed E-state index contributed by atoms with van der Waals surface area (Å²) in [6.07, 6.45) is 5.70. The maximum absolute atomic E-state index is 14.7. The van der Waals surface area contributed by atoms with Crippen molar-refractivity contribution in [2.45, 2.75) is 77.8 Å². The first kappa shape index (κ1) is 30.7. The Kier molecular flexibility index (Phi) is 11.1. The van der Waals surface area contributed by atoms with Gasteiger partial charge in [0.2, 0.25) is 10.6 Å². The summed E-state index contributed by atoms with van der Waals surface area (Å²) in [5, 5.41) is 13.0. The zero-order valence-corrected chi connectivity index (χ0v) is 24.3. The summed E-state index contributed by atoms with van der Waals surface area (Å²) in [5.41, 5.74) is 0.666. The van der Waals surface area contributed by atoms with Gasteiger partial charge in [-0.3, -0.25) is 9.59 Å². The van der Waals surface area contributed by atoms with Gasteiger partial charge < -0.3 is 24.5 Å². The molecule has 3 heterocycles. The largest absolute Gasteiger partial charge is 0.460 e. The van der Waals surface area contributed by atoms with Gasteiger partial charge in [-0.05, 0) is 47.7 Å². The smallest absolute Gasteiger partial charge is 0.329 e. The van der Waals surface area contributed by atoms with Crippen LogP contribution >= 0.6 is 15.9 Å². The number of carbonyl (C=O) groups excluding carboxylic acids is 3. The van der Waals surface area contributed by atoms with Gasteiger partial charge in [0.05, 0.1) is 12.5 Å². The summed E-state index contributed by atoms with van der Waals surface area (Å²) in [6.45, 7) is 8.09. The number of oxazole rings is 1. The lowest BCUT2D eigenvalue weighted by molar-refractivity contribution is -0.158. The number of cyclic esters (lactones) is 1. The Hall–Kier alpha value is -2.79. The summed E-state index contributed by atoms with van der Waals surface area (Å²) in [6, 6.07) is -0.794. The Labute approximate surface area is 236 Å². The predicted octanol–water partition coefficient (Wildman–Crippen LogP) is 4.07. The predicted molar refractivity (Wildman–Crippen MR) is 146 cm³/mol. The molecule has 2 N–H and O–H groups in total. The number of nitrogens with zero attached hydrogens (tertiary/aromatic N) is 2. The second-order valence-corrected chi connectivity index (χ2v) is 11.1. The molecule has 2 aliphatic heterocycles. The number of aromatic nitrogens is 1. The number of nitrogens with one attached hydrogen (secondary N) is 1. The fraction of sp³-hybridized carbons (Fsp3) is 0.571. The van der Waals surface area contributed by atoms with Crippen LogP contribution in [0.15, 0.2) is 45.0 Å². The van der Waals surface area contributed by atoms with Gasteiger partial charge in [-0.25, -0.2) is 14.2 Å². The summed E-state index contributed by atoms with van der Waals surface area (Å²) in [7, 11) is 0. The van der Waals surface area contributed by atoms with Gasteiger partial charge in [0, 0.05) is 25.4 Å². The molecule has 5 atom stereocenters. The molecule has 2 unspecified atom stereocenters. The van der Waals surface area contributed by atoms with Crippen molar-refractivity contribution >= 4 is 33.7 Å². The molecule has 1 aromatic rings. The molecule has 1 fully saturated rings. The van der Waals surface area contributed by atoms with Crippen molar-refractivity contribution in [1.82, 2.24) is 15.2 Å². The molecule has 2 aliphatic rings. The SMILES string of the molecule is CC1=C/[C@@H](O)CC(F)Cc2nc(c(Br)o2)C(=O)N2CCCC2C(=O)O[C@H](C(C)C)[C@H](C)/C=C\C(=O)NC/C=C\1. The number of hydrogen-bond acceptors (Lipinski definition) is 7. The molecular weight excluding hydrogens is 573 g/mol. The normalized spacial score (nSPS) is 31.2. The van der Waals surface area contributed by atoms with Gasteiger partial charge in [-0.2, -0.15) is 0 Å². The Morgan fingerprint density at radius 2 is 2.00 bits per heavy atom. The summed E-state index contributed by atoms with van der Waals surface area (Å²) >= 11 is 3.20. The minimum Gasteiger partial charge on any atom is -0.460 e. The molecule has 39 heavy (non-hydrogen) atoms. The molecule has 0 spiro atoms. The van der Waals surface area contributed by atoms with E-state index in [1.165, 1.54) is 17.1 Å². The van der Waals surface area contributed by atoms with Gasteiger partial charge in [0.15, 0.2) is 11.6 Å². The fourth-order valence-corrected chi connectivity index (χ4v) is 5.24. The lowest BCUT2D eigenvalue weighted by Gasteiger charge is -2.29. The maximum atomic E-state index is 14.7. The maximum Gasteiger partial charge on any atom is 0.329 e. The molecule has 3 rings (SSSR count). The average Bonchev–Trinajstić information content (AvgIpc) is 3.49. The number of ether oxygens (including phenoxy) is 1. The van der Waals surface area contributed by atoms with Crippen LogP contribution in [0.4, 0.5) is 4.39 Å². The summed E-state index contributed by atoms with van der Waals surface area (Å²) < 4.78 is 26.2. The van der Waals surface area contributed by atoms with Gasteiger partial charge in [-0.15, -0.1) is 0 Å². The molecule has 0 radical (unpaired) electrons. The number of halogens is 2. The molecule has 0 aromatic carbocycles. The molecule has 11 heteroatoms. The van der Waals surface area contributed by atoms with Gasteiger partial charge in [-0.1, -0.05) is 50.6 Å². The molecule has 0 saturated carbocycles. The van der Waals surface area contributed by atoms with Crippen molar-refractivity contribution in [3.8, 4) is 0 Å². The molecular formula is C28H37BrFN3O6. The lowest BCUT2D eigenvalue weighted by atomic mass is 9.94. The van der Waals surface area contributed by atoms with Crippen molar-refractivity contribution < 1.29 is 33.0 Å². The minimum absolute atomic E-state index is 0.0125. The van der Waals surface area contributed by atoms with Gasteiger partial charge in [0.25, 0.3) is 5.91 Å². The van der Waals surface area contributed by atoms with Crippen LogP contribution in [0.2, 0.25) is 0 Å². The van der Waals surface area contributed by atoms with Crippen LogP contribution in [0.1, 0.15) is 63.3 Å². The van der Waals surface area contributed by atoms with E-state index in [1.54, 1.807) is 25.2 Å². The molecule has 2 amide bonds. The highest BCUT2D eigenvalue weighted by molar-refractivity contribution is 9.10. The number of allylic oxidation sites excluding steroid dienone is 2. The monoisotopic (exact) mass is 609 g/mol. The number of alkyl halides is 1. The van der Waals surface area contributed by atoms with Crippen LogP contribution in [0, 0.1) is 11.8 Å². The van der Waals surface area contributed by atoms with E-state index in [2.05, 4.69) is 26.2 Å². The molecule has 0 aliphatic carbocycles. The van der Waals surface area contributed by atoms with E-state index < -0.39 is 36.3 Å². The summed E-state index contributed by atoms with van der Waals surface area (Å²) in [5.74, 6) is -1.61. The second kappa shape index (κ2) is 14.0. The number of esters is 1. The van der Waals surface area contributed by atoms with Crippen LogP contribution in [0.5, 0.6) is 0 Å². The van der Waals surface area contributed by atoms with Crippen LogP contribution in [0.25, 0.3) is 0 Å². The summed E-state index contributed by atoms with van der Waals surface area (Å²) in [4.78, 5) is 44.5. The lowest BCUT2D eigenvalue weighted by Crippen LogP contribution is -2.44. The molecule has 1 saturated heterocycles. The third-order valence-corrected chi connectivity index (χ3v) is 7.26. The Balaban J connectivity index is 1.88. The molecule has 1 aromatic heterocycles. The Morgan fingerprint density at radius 1 is 1.26 bits per heavy atom. The number of aliphatic hydroxyl groups is 1. The van der Waals surface area contributed by atoms with Crippen molar-refractivity contribution in [3.63, 3.8) is 0 Å². The number of aliphatic hydroxyl groups excluding tert-OH is 1. The number of fused-ring (bicyclic) bond motifs is 3. The third kappa shape index (κ3) is 8.60. The van der Waals surface area contributed by atoms with E-state index in [1.807, 2.05) is 20.8 Å². The van der Waals surface area contributed by atoms with Crippen molar-refractivity contribution in [2.24, 2.45) is 11.8 Å². The van der Waals surface area contributed by atoms with E-state index in [0.717, 1.165) is 0 Å². The highest BCUT2D eigenvalue weighted by Crippen LogP contribution is 2.28. The molecule has 9 nitrogen and oxygen atoms in total. The van der Waals surface area contributed by atoms with E-state index in [0.29, 0.717) is 25.0 Å². The average molecular weight is 611 g/mol.